The number of nitrogens with zero attached hydrogens (tertiary/aromatic N) is 1. The summed E-state index contributed by atoms with van der Waals surface area (Å²) in [6, 6.07) is 0.762. The summed E-state index contributed by atoms with van der Waals surface area (Å²) in [5, 5.41) is 3.52. The van der Waals surface area contributed by atoms with Gasteiger partial charge in [-0.25, -0.2) is 0 Å². The highest BCUT2D eigenvalue weighted by molar-refractivity contribution is 4.84. The zero-order chi connectivity index (χ0) is 9.80. The van der Waals surface area contributed by atoms with Gasteiger partial charge in [0, 0.05) is 32.8 Å². The van der Waals surface area contributed by atoms with E-state index in [1.807, 2.05) is 7.11 Å². The van der Waals surface area contributed by atoms with Crippen LogP contribution in [0.2, 0.25) is 0 Å². The lowest BCUT2D eigenvalue weighted by Gasteiger charge is -2.26. The number of hydrogen-bond acceptors (Lipinski definition) is 3. The molecule has 0 saturated carbocycles. The molecule has 0 aliphatic carbocycles. The fourth-order valence-corrected chi connectivity index (χ4v) is 2.59. The van der Waals surface area contributed by atoms with Gasteiger partial charge in [-0.1, -0.05) is 6.42 Å². The van der Waals surface area contributed by atoms with E-state index in [1.165, 1.54) is 45.3 Å². The highest BCUT2D eigenvalue weighted by atomic mass is 16.5. The Hall–Kier alpha value is -0.120. The molecule has 0 aromatic rings. The first-order chi connectivity index (χ1) is 6.90. The molecule has 0 aromatic heterocycles. The Morgan fingerprint density at radius 3 is 3.00 bits per heavy atom. The molecular weight excluding hydrogens is 176 g/mol. The van der Waals surface area contributed by atoms with Crippen LogP contribution in [0.3, 0.4) is 0 Å². The molecule has 2 saturated heterocycles. The number of hydrogen-bond donors (Lipinski definition) is 1. The third kappa shape index (κ3) is 2.47. The Bertz CT molecular complexity index is 167. The Morgan fingerprint density at radius 2 is 2.21 bits per heavy atom. The maximum atomic E-state index is 5.40. The Balaban J connectivity index is 1.82. The first-order valence-electron chi connectivity index (χ1n) is 5.87. The first-order valence-corrected chi connectivity index (χ1v) is 5.87. The third-order valence-electron chi connectivity index (χ3n) is 3.55. The molecule has 1 N–H and O–H groups in total. The molecule has 2 aliphatic heterocycles. The van der Waals surface area contributed by atoms with Crippen molar-refractivity contribution in [2.75, 3.05) is 33.3 Å². The lowest BCUT2D eigenvalue weighted by Crippen LogP contribution is -2.40. The second-order valence-corrected chi connectivity index (χ2v) is 4.50. The van der Waals surface area contributed by atoms with Gasteiger partial charge in [0.1, 0.15) is 0 Å². The van der Waals surface area contributed by atoms with Crippen molar-refractivity contribution in [3.05, 3.63) is 0 Å². The van der Waals surface area contributed by atoms with E-state index < -0.39 is 0 Å². The SMILES string of the molecule is COC1CCN(C2CCCCNC2)C1. The average molecular weight is 198 g/mol. The van der Waals surface area contributed by atoms with Gasteiger partial charge in [-0.2, -0.15) is 0 Å². The summed E-state index contributed by atoms with van der Waals surface area (Å²) in [5.74, 6) is 0. The van der Waals surface area contributed by atoms with Crippen LogP contribution in [0.25, 0.3) is 0 Å². The van der Waals surface area contributed by atoms with Crippen LogP contribution in [0, 0.1) is 0 Å². The van der Waals surface area contributed by atoms with Crippen LogP contribution in [0.1, 0.15) is 25.7 Å². The van der Waals surface area contributed by atoms with E-state index in [0.717, 1.165) is 12.6 Å². The monoisotopic (exact) mass is 198 g/mol. The second kappa shape index (κ2) is 5.10. The predicted octanol–water partition coefficient (Wildman–Crippen LogP) is 0.849. The predicted molar refractivity (Wildman–Crippen MR) is 57.5 cm³/mol. The van der Waals surface area contributed by atoms with Gasteiger partial charge in [-0.3, -0.25) is 4.90 Å². The molecule has 0 spiro atoms. The van der Waals surface area contributed by atoms with Gasteiger partial charge in [0.05, 0.1) is 6.10 Å². The van der Waals surface area contributed by atoms with Crippen LogP contribution in [0.15, 0.2) is 0 Å². The highest BCUT2D eigenvalue weighted by Crippen LogP contribution is 2.19. The minimum Gasteiger partial charge on any atom is -0.380 e. The van der Waals surface area contributed by atoms with Gasteiger partial charge in [0.2, 0.25) is 0 Å². The second-order valence-electron chi connectivity index (χ2n) is 4.50. The van der Waals surface area contributed by atoms with Gasteiger partial charge in [0.25, 0.3) is 0 Å². The third-order valence-corrected chi connectivity index (χ3v) is 3.55. The molecule has 2 atom stereocenters. The molecule has 2 aliphatic rings. The summed E-state index contributed by atoms with van der Waals surface area (Å²) in [5.41, 5.74) is 0. The lowest BCUT2D eigenvalue weighted by molar-refractivity contribution is 0.100. The van der Waals surface area contributed by atoms with Gasteiger partial charge in [-0.05, 0) is 25.8 Å². The van der Waals surface area contributed by atoms with E-state index in [1.54, 1.807) is 0 Å². The van der Waals surface area contributed by atoms with Crippen LogP contribution < -0.4 is 5.32 Å². The number of methoxy groups -OCH3 is 1. The zero-order valence-electron chi connectivity index (χ0n) is 9.17. The smallest absolute Gasteiger partial charge is 0.0710 e. The van der Waals surface area contributed by atoms with E-state index >= 15 is 0 Å². The van der Waals surface area contributed by atoms with Crippen LogP contribution in [0.5, 0.6) is 0 Å². The first kappa shape index (κ1) is 10.4. The molecule has 0 radical (unpaired) electrons. The lowest BCUT2D eigenvalue weighted by atomic mass is 10.1. The van der Waals surface area contributed by atoms with Gasteiger partial charge >= 0.3 is 0 Å². The van der Waals surface area contributed by atoms with E-state index in [4.69, 9.17) is 4.74 Å². The molecule has 0 amide bonds. The van der Waals surface area contributed by atoms with E-state index in [9.17, 15) is 0 Å². The van der Waals surface area contributed by atoms with Crippen LogP contribution >= 0.6 is 0 Å². The summed E-state index contributed by atoms with van der Waals surface area (Å²) >= 11 is 0. The van der Waals surface area contributed by atoms with Crippen molar-refractivity contribution in [3.8, 4) is 0 Å². The Kier molecular flexibility index (Phi) is 3.79. The van der Waals surface area contributed by atoms with E-state index in [-0.39, 0.29) is 0 Å². The Labute approximate surface area is 86.8 Å². The summed E-state index contributed by atoms with van der Waals surface area (Å²) in [6.07, 6.45) is 5.79. The van der Waals surface area contributed by atoms with Gasteiger partial charge in [-0.15, -0.1) is 0 Å². The highest BCUT2D eigenvalue weighted by Gasteiger charge is 2.28. The van der Waals surface area contributed by atoms with E-state index in [0.29, 0.717) is 6.10 Å². The molecule has 0 bridgehead atoms. The molecule has 0 aromatic carbocycles. The fraction of sp³-hybridized carbons (Fsp3) is 1.00. The van der Waals surface area contributed by atoms with Crippen molar-refractivity contribution in [2.24, 2.45) is 0 Å². The summed E-state index contributed by atoms with van der Waals surface area (Å²) in [7, 11) is 1.83. The molecule has 2 fully saturated rings. The molecule has 14 heavy (non-hydrogen) atoms. The maximum absolute atomic E-state index is 5.40. The largest absolute Gasteiger partial charge is 0.380 e. The van der Waals surface area contributed by atoms with Crippen molar-refractivity contribution >= 4 is 0 Å². The fourth-order valence-electron chi connectivity index (χ4n) is 2.59. The van der Waals surface area contributed by atoms with Gasteiger partial charge < -0.3 is 10.1 Å². The Morgan fingerprint density at radius 1 is 1.29 bits per heavy atom. The average Bonchev–Trinajstić information content (AvgIpc) is 2.53. The quantitative estimate of drug-likeness (QED) is 0.712. The summed E-state index contributed by atoms with van der Waals surface area (Å²) < 4.78 is 5.40. The van der Waals surface area contributed by atoms with Crippen molar-refractivity contribution < 1.29 is 4.74 Å². The van der Waals surface area contributed by atoms with Crippen molar-refractivity contribution in [1.82, 2.24) is 10.2 Å². The minimum atomic E-state index is 0.484. The molecule has 2 unspecified atom stereocenters. The molecular formula is C11H22N2O. The molecule has 2 heterocycles. The topological polar surface area (TPSA) is 24.5 Å². The number of likely N-dealkylation sites (tertiary alicyclic amines) is 1. The van der Waals surface area contributed by atoms with Crippen LogP contribution in [0.4, 0.5) is 0 Å². The molecule has 3 heteroatoms. The number of nitrogens with one attached hydrogen (secondary N) is 1. The number of rotatable bonds is 2. The van der Waals surface area contributed by atoms with Gasteiger partial charge in [0.15, 0.2) is 0 Å². The number of ether oxygens (including phenoxy) is 1. The van der Waals surface area contributed by atoms with Crippen molar-refractivity contribution in [2.45, 2.75) is 37.8 Å². The summed E-state index contributed by atoms with van der Waals surface area (Å²) in [4.78, 5) is 2.60. The maximum Gasteiger partial charge on any atom is 0.0710 e. The van der Waals surface area contributed by atoms with Crippen molar-refractivity contribution in [3.63, 3.8) is 0 Å². The standard InChI is InChI=1S/C11H22N2O/c1-14-11-5-7-13(9-11)10-4-2-3-6-12-8-10/h10-12H,2-9H2,1H3. The van der Waals surface area contributed by atoms with E-state index in [2.05, 4.69) is 10.2 Å². The normalized spacial score (nSPS) is 35.8. The molecule has 2 rings (SSSR count). The minimum absolute atomic E-state index is 0.484. The molecule has 82 valence electrons. The van der Waals surface area contributed by atoms with Crippen molar-refractivity contribution in [1.29, 1.82) is 0 Å². The molecule has 3 nitrogen and oxygen atoms in total. The zero-order valence-corrected chi connectivity index (χ0v) is 9.17. The summed E-state index contributed by atoms with van der Waals surface area (Å²) in [6.45, 7) is 4.75. The van der Waals surface area contributed by atoms with Crippen LogP contribution in [-0.2, 0) is 4.74 Å². The van der Waals surface area contributed by atoms with Crippen LogP contribution in [-0.4, -0.2) is 50.3 Å².